The molecular formula is C13H16N2O4. The van der Waals surface area contributed by atoms with Crippen LogP contribution < -0.4 is 5.43 Å². The molecule has 19 heavy (non-hydrogen) atoms. The van der Waals surface area contributed by atoms with Gasteiger partial charge in [0.1, 0.15) is 0 Å². The number of rotatable bonds is 3. The summed E-state index contributed by atoms with van der Waals surface area (Å²) in [6.45, 7) is 3.62. The molecule has 0 spiro atoms. The Labute approximate surface area is 111 Å². The van der Waals surface area contributed by atoms with E-state index in [1.165, 1.54) is 0 Å². The lowest BCUT2D eigenvalue weighted by Gasteiger charge is -2.20. The molecule has 1 N–H and O–H groups in total. The van der Waals surface area contributed by atoms with Crippen LogP contribution in [0.5, 0.6) is 0 Å². The number of benzene rings is 1. The van der Waals surface area contributed by atoms with Crippen molar-refractivity contribution < 1.29 is 19.1 Å². The Bertz CT molecular complexity index is 459. The smallest absolute Gasteiger partial charge is 0.398 e. The molecule has 6 heteroatoms. The van der Waals surface area contributed by atoms with E-state index in [9.17, 15) is 14.4 Å². The number of hydrogen-bond donors (Lipinski definition) is 1. The average Bonchev–Trinajstić information content (AvgIpc) is 2.45. The quantitative estimate of drug-likeness (QED) is 0.496. The molecule has 0 saturated heterocycles. The lowest BCUT2D eigenvalue weighted by molar-refractivity contribution is -0.156. The van der Waals surface area contributed by atoms with Gasteiger partial charge in [0.15, 0.2) is 0 Å². The molecule has 0 aromatic heterocycles. The predicted molar refractivity (Wildman–Crippen MR) is 67.9 cm³/mol. The van der Waals surface area contributed by atoms with Gasteiger partial charge in [-0.25, -0.2) is 9.80 Å². The van der Waals surface area contributed by atoms with Crippen molar-refractivity contribution in [2.45, 2.75) is 13.8 Å². The Hall–Kier alpha value is -2.37. The predicted octanol–water partition coefficient (Wildman–Crippen LogP) is 0.743. The lowest BCUT2D eigenvalue weighted by atomic mass is 10.2. The summed E-state index contributed by atoms with van der Waals surface area (Å²) >= 11 is 0. The Morgan fingerprint density at radius 2 is 1.79 bits per heavy atom. The maximum atomic E-state index is 12.1. The van der Waals surface area contributed by atoms with Gasteiger partial charge in [-0.3, -0.25) is 15.0 Å². The zero-order valence-corrected chi connectivity index (χ0v) is 10.9. The third kappa shape index (κ3) is 4.09. The highest BCUT2D eigenvalue weighted by Crippen LogP contribution is 2.02. The number of amides is 2. The number of esters is 1. The van der Waals surface area contributed by atoms with Crippen molar-refractivity contribution in [3.63, 3.8) is 0 Å². The van der Waals surface area contributed by atoms with E-state index >= 15 is 0 Å². The van der Waals surface area contributed by atoms with Crippen LogP contribution in [0.4, 0.5) is 0 Å². The third-order valence-electron chi connectivity index (χ3n) is 2.28. The standard InChI is InChI=1S/C13H16N2O4/c1-3-15(14-11(16)13(18)19-4-2)12(17)10-8-6-5-7-9-10/h5-9H,3-4H2,1-2H3,(H,14,16). The summed E-state index contributed by atoms with van der Waals surface area (Å²) in [5.41, 5.74) is 2.64. The van der Waals surface area contributed by atoms with E-state index < -0.39 is 11.9 Å². The van der Waals surface area contributed by atoms with E-state index in [1.807, 2.05) is 0 Å². The van der Waals surface area contributed by atoms with Crippen molar-refractivity contribution in [2.75, 3.05) is 13.2 Å². The highest BCUT2D eigenvalue weighted by atomic mass is 16.5. The highest BCUT2D eigenvalue weighted by Gasteiger charge is 2.21. The molecule has 102 valence electrons. The Morgan fingerprint density at radius 3 is 2.32 bits per heavy atom. The van der Waals surface area contributed by atoms with Gasteiger partial charge < -0.3 is 4.74 Å². The summed E-state index contributed by atoms with van der Waals surface area (Å²) in [5.74, 6) is -2.37. The number of hydrogen-bond acceptors (Lipinski definition) is 4. The lowest BCUT2D eigenvalue weighted by Crippen LogP contribution is -2.48. The van der Waals surface area contributed by atoms with E-state index in [0.717, 1.165) is 5.01 Å². The first kappa shape index (κ1) is 14.7. The van der Waals surface area contributed by atoms with Gasteiger partial charge in [-0.2, -0.15) is 0 Å². The molecule has 0 saturated carbocycles. The number of carbonyl (C=O) groups excluding carboxylic acids is 3. The molecule has 0 fully saturated rings. The number of nitrogens with zero attached hydrogens (tertiary/aromatic N) is 1. The summed E-state index contributed by atoms with van der Waals surface area (Å²) < 4.78 is 4.55. The molecule has 1 aromatic carbocycles. The fourth-order valence-corrected chi connectivity index (χ4v) is 1.37. The summed E-state index contributed by atoms with van der Waals surface area (Å²) in [6.07, 6.45) is 0. The molecule has 0 bridgehead atoms. The first-order chi connectivity index (χ1) is 9.10. The van der Waals surface area contributed by atoms with E-state index in [-0.39, 0.29) is 19.1 Å². The molecule has 0 heterocycles. The van der Waals surface area contributed by atoms with Gasteiger partial charge in [-0.05, 0) is 26.0 Å². The van der Waals surface area contributed by atoms with Gasteiger partial charge in [0.2, 0.25) is 0 Å². The number of ether oxygens (including phenoxy) is 1. The number of hydrazine groups is 1. The molecule has 2 amide bonds. The molecule has 0 aliphatic carbocycles. The van der Waals surface area contributed by atoms with Crippen molar-refractivity contribution in [1.82, 2.24) is 10.4 Å². The Morgan fingerprint density at radius 1 is 1.16 bits per heavy atom. The average molecular weight is 264 g/mol. The van der Waals surface area contributed by atoms with Crippen LogP contribution in [0.15, 0.2) is 30.3 Å². The SMILES string of the molecule is CCOC(=O)C(=O)NN(CC)C(=O)c1ccccc1. The van der Waals surface area contributed by atoms with Crippen molar-refractivity contribution in [3.8, 4) is 0 Å². The van der Waals surface area contributed by atoms with Crippen molar-refractivity contribution in [3.05, 3.63) is 35.9 Å². The summed E-state index contributed by atoms with van der Waals surface area (Å²) in [7, 11) is 0. The molecule has 1 aromatic rings. The third-order valence-corrected chi connectivity index (χ3v) is 2.28. The molecule has 1 rings (SSSR count). The Balaban J connectivity index is 2.71. The summed E-state index contributed by atoms with van der Waals surface area (Å²) in [4.78, 5) is 34.7. The topological polar surface area (TPSA) is 75.7 Å². The number of carbonyl (C=O) groups is 3. The Kier molecular flexibility index (Phi) is 5.53. The maximum Gasteiger partial charge on any atom is 0.398 e. The van der Waals surface area contributed by atoms with Crippen LogP contribution in [0.3, 0.4) is 0 Å². The van der Waals surface area contributed by atoms with Crippen molar-refractivity contribution in [2.24, 2.45) is 0 Å². The fourth-order valence-electron chi connectivity index (χ4n) is 1.37. The fraction of sp³-hybridized carbons (Fsp3) is 0.308. The van der Waals surface area contributed by atoms with Crippen LogP contribution in [0.1, 0.15) is 24.2 Å². The minimum atomic E-state index is -1.01. The number of nitrogens with one attached hydrogen (secondary N) is 1. The van der Waals surface area contributed by atoms with Gasteiger partial charge in [0.05, 0.1) is 6.61 Å². The van der Waals surface area contributed by atoms with Crippen LogP contribution >= 0.6 is 0 Å². The minimum absolute atomic E-state index is 0.102. The molecule has 6 nitrogen and oxygen atoms in total. The van der Waals surface area contributed by atoms with Crippen molar-refractivity contribution in [1.29, 1.82) is 0 Å². The second-order valence-electron chi connectivity index (χ2n) is 3.58. The van der Waals surface area contributed by atoms with Crippen LogP contribution in [-0.2, 0) is 14.3 Å². The van der Waals surface area contributed by atoms with E-state index in [2.05, 4.69) is 10.2 Å². The second kappa shape index (κ2) is 7.15. The molecule has 0 unspecified atom stereocenters. The first-order valence-electron chi connectivity index (χ1n) is 5.94. The van der Waals surface area contributed by atoms with E-state index in [4.69, 9.17) is 0 Å². The van der Waals surface area contributed by atoms with E-state index in [1.54, 1.807) is 44.2 Å². The van der Waals surface area contributed by atoms with Gasteiger partial charge in [-0.1, -0.05) is 18.2 Å². The van der Waals surface area contributed by atoms with Crippen LogP contribution in [-0.4, -0.2) is 35.9 Å². The largest absolute Gasteiger partial charge is 0.459 e. The molecular weight excluding hydrogens is 248 g/mol. The van der Waals surface area contributed by atoms with E-state index in [0.29, 0.717) is 5.56 Å². The van der Waals surface area contributed by atoms with Gasteiger partial charge >= 0.3 is 11.9 Å². The molecule has 0 aliphatic heterocycles. The van der Waals surface area contributed by atoms with Crippen LogP contribution in [0, 0.1) is 0 Å². The summed E-state index contributed by atoms with van der Waals surface area (Å²) in [5, 5.41) is 1.06. The molecule has 0 radical (unpaired) electrons. The van der Waals surface area contributed by atoms with Gasteiger partial charge in [-0.15, -0.1) is 0 Å². The summed E-state index contributed by atoms with van der Waals surface area (Å²) in [6, 6.07) is 8.47. The maximum absolute atomic E-state index is 12.1. The van der Waals surface area contributed by atoms with Crippen molar-refractivity contribution >= 4 is 17.8 Å². The first-order valence-corrected chi connectivity index (χ1v) is 5.94. The van der Waals surface area contributed by atoms with Gasteiger partial charge in [0, 0.05) is 12.1 Å². The molecule has 0 atom stereocenters. The van der Waals surface area contributed by atoms with Crippen LogP contribution in [0.2, 0.25) is 0 Å². The zero-order valence-electron chi connectivity index (χ0n) is 10.9. The zero-order chi connectivity index (χ0) is 14.3. The minimum Gasteiger partial charge on any atom is -0.459 e. The second-order valence-corrected chi connectivity index (χ2v) is 3.58. The highest BCUT2D eigenvalue weighted by molar-refractivity contribution is 6.32. The monoisotopic (exact) mass is 264 g/mol. The normalized spacial score (nSPS) is 9.58. The van der Waals surface area contributed by atoms with Crippen LogP contribution in [0.25, 0.3) is 0 Å². The van der Waals surface area contributed by atoms with Gasteiger partial charge in [0.25, 0.3) is 5.91 Å². The molecule has 0 aliphatic rings.